The number of hydrogen-bond acceptors (Lipinski definition) is 2. The minimum Gasteiger partial charge on any atom is -0.373 e. The van der Waals surface area contributed by atoms with Gasteiger partial charge in [-0.3, -0.25) is 4.90 Å². The van der Waals surface area contributed by atoms with E-state index in [1.807, 2.05) is 34.7 Å². The summed E-state index contributed by atoms with van der Waals surface area (Å²) in [6, 6.07) is 5.33. The van der Waals surface area contributed by atoms with Crippen LogP contribution in [0.5, 0.6) is 0 Å². The predicted octanol–water partition coefficient (Wildman–Crippen LogP) is 3.04. The van der Waals surface area contributed by atoms with Crippen LogP contribution in [-0.2, 0) is 11.3 Å². The van der Waals surface area contributed by atoms with Crippen molar-refractivity contribution in [1.82, 2.24) is 4.90 Å². The second-order valence-electron chi connectivity index (χ2n) is 4.70. The fourth-order valence-electron chi connectivity index (χ4n) is 2.31. The Morgan fingerprint density at radius 3 is 2.59 bits per heavy atom. The van der Waals surface area contributed by atoms with Crippen molar-refractivity contribution in [3.8, 4) is 0 Å². The summed E-state index contributed by atoms with van der Waals surface area (Å²) >= 11 is 2.03. The zero-order chi connectivity index (χ0) is 12.4. The number of ether oxygens (including phenoxy) is 1. The lowest BCUT2D eigenvalue weighted by molar-refractivity contribution is -0.0705. The maximum Gasteiger partial charge on any atom is 0.136 e. The van der Waals surface area contributed by atoms with E-state index in [-0.39, 0.29) is 18.0 Å². The van der Waals surface area contributed by atoms with Crippen LogP contribution < -0.4 is 0 Å². The Balaban J connectivity index is 2.02. The molecule has 1 aliphatic heterocycles. The highest BCUT2D eigenvalue weighted by atomic mass is 127. The van der Waals surface area contributed by atoms with Gasteiger partial charge in [-0.25, -0.2) is 4.39 Å². The lowest BCUT2D eigenvalue weighted by Gasteiger charge is -2.35. The van der Waals surface area contributed by atoms with Crippen molar-refractivity contribution in [2.24, 2.45) is 0 Å². The molecule has 1 fully saturated rings. The van der Waals surface area contributed by atoms with Crippen LogP contribution in [0.1, 0.15) is 19.4 Å². The number of halogens is 2. The fraction of sp³-hybridized carbons (Fsp3) is 0.538. The van der Waals surface area contributed by atoms with E-state index in [2.05, 4.69) is 18.7 Å². The van der Waals surface area contributed by atoms with Gasteiger partial charge in [0.2, 0.25) is 0 Å². The van der Waals surface area contributed by atoms with Crippen molar-refractivity contribution in [2.45, 2.75) is 32.6 Å². The van der Waals surface area contributed by atoms with Gasteiger partial charge in [0.05, 0.1) is 12.2 Å². The number of benzene rings is 1. The fourth-order valence-corrected chi connectivity index (χ4v) is 2.89. The van der Waals surface area contributed by atoms with Crippen LogP contribution in [-0.4, -0.2) is 30.2 Å². The zero-order valence-electron chi connectivity index (χ0n) is 10.1. The van der Waals surface area contributed by atoms with Crippen LogP contribution in [0, 0.1) is 9.39 Å². The molecule has 0 spiro atoms. The van der Waals surface area contributed by atoms with Crippen LogP contribution in [0.2, 0.25) is 0 Å². The Kier molecular flexibility index (Phi) is 4.38. The second-order valence-corrected chi connectivity index (χ2v) is 5.86. The van der Waals surface area contributed by atoms with Gasteiger partial charge in [-0.2, -0.15) is 0 Å². The van der Waals surface area contributed by atoms with Gasteiger partial charge in [-0.1, -0.05) is 6.07 Å². The third kappa shape index (κ3) is 3.63. The van der Waals surface area contributed by atoms with Crippen LogP contribution in [0.4, 0.5) is 4.39 Å². The van der Waals surface area contributed by atoms with Crippen molar-refractivity contribution >= 4 is 22.6 Å². The number of rotatable bonds is 2. The lowest BCUT2D eigenvalue weighted by Crippen LogP contribution is -2.44. The molecule has 1 heterocycles. The molecule has 2 rings (SSSR count). The smallest absolute Gasteiger partial charge is 0.136 e. The SMILES string of the molecule is CC1CN(Cc2ccc(F)c(I)c2)CC(C)O1. The lowest BCUT2D eigenvalue weighted by atomic mass is 10.1. The van der Waals surface area contributed by atoms with E-state index in [4.69, 9.17) is 4.74 Å². The van der Waals surface area contributed by atoms with Crippen molar-refractivity contribution in [2.75, 3.05) is 13.1 Å². The molecule has 0 N–H and O–H groups in total. The van der Waals surface area contributed by atoms with E-state index in [1.165, 1.54) is 0 Å². The molecule has 0 aromatic heterocycles. The quantitative estimate of drug-likeness (QED) is 0.761. The van der Waals surface area contributed by atoms with Crippen molar-refractivity contribution in [3.05, 3.63) is 33.1 Å². The van der Waals surface area contributed by atoms with Gasteiger partial charge in [0, 0.05) is 23.2 Å². The van der Waals surface area contributed by atoms with E-state index < -0.39 is 0 Å². The van der Waals surface area contributed by atoms with E-state index in [9.17, 15) is 4.39 Å². The molecule has 0 amide bonds. The summed E-state index contributed by atoms with van der Waals surface area (Å²) in [5, 5.41) is 0. The first-order valence-corrected chi connectivity index (χ1v) is 6.94. The predicted molar refractivity (Wildman–Crippen MR) is 74.4 cm³/mol. The van der Waals surface area contributed by atoms with Gasteiger partial charge in [0.15, 0.2) is 0 Å². The first kappa shape index (κ1) is 13.2. The monoisotopic (exact) mass is 349 g/mol. The normalized spacial score (nSPS) is 26.1. The van der Waals surface area contributed by atoms with Gasteiger partial charge in [-0.15, -0.1) is 0 Å². The summed E-state index contributed by atoms with van der Waals surface area (Å²) in [4.78, 5) is 2.36. The second kappa shape index (κ2) is 5.63. The molecule has 1 aromatic rings. The Morgan fingerprint density at radius 2 is 2.00 bits per heavy atom. The molecule has 0 aliphatic carbocycles. The molecule has 94 valence electrons. The van der Waals surface area contributed by atoms with Crippen LogP contribution in [0.25, 0.3) is 0 Å². The van der Waals surface area contributed by atoms with E-state index in [0.717, 1.165) is 25.2 Å². The Morgan fingerprint density at radius 1 is 1.35 bits per heavy atom. The molecule has 0 saturated carbocycles. The molecule has 1 aromatic carbocycles. The molecule has 2 unspecified atom stereocenters. The molecule has 0 bridgehead atoms. The zero-order valence-corrected chi connectivity index (χ0v) is 12.3. The van der Waals surface area contributed by atoms with Gasteiger partial charge < -0.3 is 4.74 Å². The average molecular weight is 349 g/mol. The number of morpholine rings is 1. The molecule has 4 heteroatoms. The molecule has 17 heavy (non-hydrogen) atoms. The van der Waals surface area contributed by atoms with Crippen molar-refractivity contribution < 1.29 is 9.13 Å². The molecule has 2 atom stereocenters. The molecular formula is C13H17FINO. The van der Waals surface area contributed by atoms with E-state index in [1.54, 1.807) is 6.07 Å². The summed E-state index contributed by atoms with van der Waals surface area (Å²) in [6.07, 6.45) is 0.552. The van der Waals surface area contributed by atoms with Gasteiger partial charge >= 0.3 is 0 Å². The number of hydrogen-bond donors (Lipinski definition) is 0. The van der Waals surface area contributed by atoms with Gasteiger partial charge in [0.25, 0.3) is 0 Å². The molecule has 1 saturated heterocycles. The third-order valence-corrected chi connectivity index (χ3v) is 3.71. The van der Waals surface area contributed by atoms with Crippen LogP contribution in [0.15, 0.2) is 18.2 Å². The van der Waals surface area contributed by atoms with Gasteiger partial charge in [0.1, 0.15) is 5.82 Å². The van der Waals surface area contributed by atoms with E-state index in [0.29, 0.717) is 3.57 Å². The highest BCUT2D eigenvalue weighted by Gasteiger charge is 2.22. The summed E-state index contributed by atoms with van der Waals surface area (Å²) in [7, 11) is 0. The third-order valence-electron chi connectivity index (χ3n) is 2.89. The topological polar surface area (TPSA) is 12.5 Å². The van der Waals surface area contributed by atoms with Crippen molar-refractivity contribution in [1.29, 1.82) is 0 Å². The first-order chi connectivity index (χ1) is 8.04. The highest BCUT2D eigenvalue weighted by molar-refractivity contribution is 14.1. The maximum atomic E-state index is 13.2. The molecule has 0 radical (unpaired) electrons. The minimum absolute atomic E-state index is 0.141. The van der Waals surface area contributed by atoms with Crippen LogP contribution in [0.3, 0.4) is 0 Å². The van der Waals surface area contributed by atoms with Gasteiger partial charge in [-0.05, 0) is 54.1 Å². The maximum absolute atomic E-state index is 13.2. The summed E-state index contributed by atoms with van der Waals surface area (Å²) in [5.74, 6) is -0.141. The average Bonchev–Trinajstić information content (AvgIpc) is 2.22. The van der Waals surface area contributed by atoms with Crippen molar-refractivity contribution in [3.63, 3.8) is 0 Å². The molecular weight excluding hydrogens is 332 g/mol. The Labute approximate surface area is 115 Å². The minimum atomic E-state index is -0.141. The van der Waals surface area contributed by atoms with E-state index >= 15 is 0 Å². The Hall–Kier alpha value is -0.200. The van der Waals surface area contributed by atoms with Crippen LogP contribution >= 0.6 is 22.6 Å². The summed E-state index contributed by atoms with van der Waals surface area (Å²) in [6.45, 7) is 6.94. The number of nitrogens with zero attached hydrogens (tertiary/aromatic N) is 1. The summed E-state index contributed by atoms with van der Waals surface area (Å²) in [5.41, 5.74) is 1.16. The highest BCUT2D eigenvalue weighted by Crippen LogP contribution is 2.17. The standard InChI is InChI=1S/C13H17FINO/c1-9-6-16(7-10(2)17-9)8-11-3-4-12(14)13(15)5-11/h3-5,9-10H,6-8H2,1-2H3. The molecule has 1 aliphatic rings. The Bertz CT molecular complexity index is 389. The molecule has 2 nitrogen and oxygen atoms in total. The largest absolute Gasteiger partial charge is 0.373 e. The first-order valence-electron chi connectivity index (χ1n) is 5.86. The summed E-state index contributed by atoms with van der Waals surface area (Å²) < 4.78 is 19.5.